The summed E-state index contributed by atoms with van der Waals surface area (Å²) >= 11 is 0. The van der Waals surface area contributed by atoms with Crippen LogP contribution in [0.3, 0.4) is 0 Å². The van der Waals surface area contributed by atoms with Crippen molar-refractivity contribution < 1.29 is 4.79 Å². The Balaban J connectivity index is 3.92. The largest absolute Gasteiger partial charge is 0.297 e. The van der Waals surface area contributed by atoms with Gasteiger partial charge in [0, 0.05) is 19.7 Å². The Morgan fingerprint density at radius 2 is 2.17 bits per heavy atom. The van der Waals surface area contributed by atoms with Crippen LogP contribution >= 0.6 is 0 Å². The normalized spacial score (nSPS) is 12.4. The SMILES string of the molecule is CCCCC(=O)/C(C)=C/C=NC. The third-order valence-electron chi connectivity index (χ3n) is 1.67. The van der Waals surface area contributed by atoms with Crippen LogP contribution in [0.4, 0.5) is 0 Å². The van der Waals surface area contributed by atoms with Crippen molar-refractivity contribution >= 4 is 12.0 Å². The molecule has 0 aromatic heterocycles. The van der Waals surface area contributed by atoms with Gasteiger partial charge < -0.3 is 0 Å². The second-order valence-corrected chi connectivity index (χ2v) is 2.78. The molecule has 0 N–H and O–H groups in total. The Morgan fingerprint density at radius 1 is 1.50 bits per heavy atom. The van der Waals surface area contributed by atoms with E-state index >= 15 is 0 Å². The predicted octanol–water partition coefficient (Wildman–Crippen LogP) is 2.39. The van der Waals surface area contributed by atoms with Gasteiger partial charge in [0.25, 0.3) is 0 Å². The zero-order valence-electron chi connectivity index (χ0n) is 8.13. The van der Waals surface area contributed by atoms with E-state index in [1.165, 1.54) is 0 Å². The molecule has 0 aliphatic rings. The Kier molecular flexibility index (Phi) is 6.25. The first-order chi connectivity index (χ1) is 5.72. The lowest BCUT2D eigenvalue weighted by atomic mass is 10.1. The van der Waals surface area contributed by atoms with Crippen molar-refractivity contribution in [2.45, 2.75) is 33.1 Å². The summed E-state index contributed by atoms with van der Waals surface area (Å²) in [5, 5.41) is 0. The highest BCUT2D eigenvalue weighted by Crippen LogP contribution is 2.02. The maximum Gasteiger partial charge on any atom is 0.158 e. The number of rotatable bonds is 5. The monoisotopic (exact) mass is 167 g/mol. The zero-order chi connectivity index (χ0) is 9.40. The summed E-state index contributed by atoms with van der Waals surface area (Å²) in [5.41, 5.74) is 0.800. The van der Waals surface area contributed by atoms with Gasteiger partial charge in [-0.25, -0.2) is 0 Å². The molecule has 0 rings (SSSR count). The Hall–Kier alpha value is -0.920. The third kappa shape index (κ3) is 4.83. The standard InChI is InChI=1S/C10H17NO/c1-4-5-6-10(12)9(2)7-8-11-3/h7-8H,4-6H2,1-3H3/b9-7+,11-8?. The van der Waals surface area contributed by atoms with Crippen molar-refractivity contribution in [1.82, 2.24) is 0 Å². The molecule has 2 nitrogen and oxygen atoms in total. The van der Waals surface area contributed by atoms with Crippen molar-refractivity contribution in [2.75, 3.05) is 7.05 Å². The second-order valence-electron chi connectivity index (χ2n) is 2.78. The van der Waals surface area contributed by atoms with Gasteiger partial charge >= 0.3 is 0 Å². The minimum absolute atomic E-state index is 0.233. The summed E-state index contributed by atoms with van der Waals surface area (Å²) in [4.78, 5) is 15.1. The maximum absolute atomic E-state index is 11.3. The fraction of sp³-hybridized carbons (Fsp3) is 0.600. The van der Waals surface area contributed by atoms with Gasteiger partial charge in [-0.3, -0.25) is 9.79 Å². The van der Waals surface area contributed by atoms with E-state index in [9.17, 15) is 4.79 Å². The number of Topliss-reactive ketones (excluding diaryl/α,β-unsaturated/α-hetero) is 1. The molecule has 68 valence electrons. The quantitative estimate of drug-likeness (QED) is 0.456. The van der Waals surface area contributed by atoms with Gasteiger partial charge in [0.15, 0.2) is 5.78 Å². The number of allylic oxidation sites excluding steroid dienone is 2. The van der Waals surface area contributed by atoms with Crippen LogP contribution < -0.4 is 0 Å². The van der Waals surface area contributed by atoms with Crippen LogP contribution in [0.1, 0.15) is 33.1 Å². The molecule has 0 fully saturated rings. The molecule has 0 aliphatic heterocycles. The predicted molar refractivity (Wildman–Crippen MR) is 52.7 cm³/mol. The molecule has 0 atom stereocenters. The number of unbranched alkanes of at least 4 members (excludes halogenated alkanes) is 1. The van der Waals surface area contributed by atoms with Gasteiger partial charge in [-0.05, 0) is 25.0 Å². The number of aliphatic imine (C=N–C) groups is 1. The van der Waals surface area contributed by atoms with Gasteiger partial charge in [0.2, 0.25) is 0 Å². The van der Waals surface area contributed by atoms with Crippen molar-refractivity contribution in [2.24, 2.45) is 4.99 Å². The highest BCUT2D eigenvalue weighted by Gasteiger charge is 2.01. The topological polar surface area (TPSA) is 29.4 Å². The minimum atomic E-state index is 0.233. The van der Waals surface area contributed by atoms with Crippen LogP contribution in [0.25, 0.3) is 0 Å². The van der Waals surface area contributed by atoms with Crippen molar-refractivity contribution in [1.29, 1.82) is 0 Å². The van der Waals surface area contributed by atoms with E-state index in [0.29, 0.717) is 6.42 Å². The van der Waals surface area contributed by atoms with Crippen LogP contribution in [0.2, 0.25) is 0 Å². The fourth-order valence-electron chi connectivity index (χ4n) is 0.814. The summed E-state index contributed by atoms with van der Waals surface area (Å²) < 4.78 is 0. The molecule has 12 heavy (non-hydrogen) atoms. The molecule has 0 unspecified atom stereocenters. The van der Waals surface area contributed by atoms with Crippen LogP contribution in [0.5, 0.6) is 0 Å². The molecule has 0 saturated heterocycles. The summed E-state index contributed by atoms with van der Waals surface area (Å²) in [5.74, 6) is 0.233. The van der Waals surface area contributed by atoms with E-state index in [1.807, 2.05) is 6.92 Å². The number of hydrogen-bond acceptors (Lipinski definition) is 2. The molecule has 0 amide bonds. The van der Waals surface area contributed by atoms with E-state index in [4.69, 9.17) is 0 Å². The van der Waals surface area contributed by atoms with Gasteiger partial charge in [-0.15, -0.1) is 0 Å². The molecular weight excluding hydrogens is 150 g/mol. The zero-order valence-corrected chi connectivity index (χ0v) is 8.13. The number of ketones is 1. The summed E-state index contributed by atoms with van der Waals surface area (Å²) in [6, 6.07) is 0. The Labute approximate surface area is 74.4 Å². The third-order valence-corrected chi connectivity index (χ3v) is 1.67. The molecule has 0 heterocycles. The van der Waals surface area contributed by atoms with Crippen LogP contribution in [0.15, 0.2) is 16.6 Å². The van der Waals surface area contributed by atoms with Gasteiger partial charge in [0.1, 0.15) is 0 Å². The smallest absolute Gasteiger partial charge is 0.158 e. The van der Waals surface area contributed by atoms with E-state index in [1.54, 1.807) is 19.3 Å². The summed E-state index contributed by atoms with van der Waals surface area (Å²) in [6.45, 7) is 3.92. The van der Waals surface area contributed by atoms with Crippen LogP contribution in [-0.2, 0) is 4.79 Å². The highest BCUT2D eigenvalue weighted by atomic mass is 16.1. The molecule has 0 radical (unpaired) electrons. The first kappa shape index (κ1) is 11.1. The van der Waals surface area contributed by atoms with Crippen molar-refractivity contribution in [3.8, 4) is 0 Å². The molecule has 0 spiro atoms. The van der Waals surface area contributed by atoms with E-state index in [2.05, 4.69) is 11.9 Å². The summed E-state index contributed by atoms with van der Waals surface area (Å²) in [6.07, 6.45) is 6.13. The lowest BCUT2D eigenvalue weighted by molar-refractivity contribution is -0.115. The van der Waals surface area contributed by atoms with E-state index in [0.717, 1.165) is 18.4 Å². The molecule has 0 bridgehead atoms. The van der Waals surface area contributed by atoms with E-state index < -0.39 is 0 Å². The summed E-state index contributed by atoms with van der Waals surface area (Å²) in [7, 11) is 1.69. The number of hydrogen-bond donors (Lipinski definition) is 0. The van der Waals surface area contributed by atoms with Crippen LogP contribution in [0, 0.1) is 0 Å². The molecule has 0 saturated carbocycles. The molecular formula is C10H17NO. The fourth-order valence-corrected chi connectivity index (χ4v) is 0.814. The van der Waals surface area contributed by atoms with Gasteiger partial charge in [-0.1, -0.05) is 13.3 Å². The second kappa shape index (κ2) is 6.77. The molecule has 0 aromatic carbocycles. The van der Waals surface area contributed by atoms with E-state index in [-0.39, 0.29) is 5.78 Å². The van der Waals surface area contributed by atoms with Crippen molar-refractivity contribution in [3.05, 3.63) is 11.6 Å². The molecule has 2 heteroatoms. The average molecular weight is 167 g/mol. The molecule has 0 aromatic rings. The minimum Gasteiger partial charge on any atom is -0.297 e. The van der Waals surface area contributed by atoms with Gasteiger partial charge in [0.05, 0.1) is 0 Å². The number of nitrogens with zero attached hydrogens (tertiary/aromatic N) is 1. The van der Waals surface area contributed by atoms with Crippen molar-refractivity contribution in [3.63, 3.8) is 0 Å². The lowest BCUT2D eigenvalue weighted by Gasteiger charge is -1.97. The number of carbonyl (C=O) groups excluding carboxylic acids is 1. The number of carbonyl (C=O) groups is 1. The van der Waals surface area contributed by atoms with Crippen LogP contribution in [-0.4, -0.2) is 19.0 Å². The van der Waals surface area contributed by atoms with Gasteiger partial charge in [-0.2, -0.15) is 0 Å². The Bertz CT molecular complexity index is 192. The first-order valence-corrected chi connectivity index (χ1v) is 4.34. The first-order valence-electron chi connectivity index (χ1n) is 4.34. The highest BCUT2D eigenvalue weighted by molar-refractivity contribution is 5.98. The lowest BCUT2D eigenvalue weighted by Crippen LogP contribution is -1.98. The maximum atomic E-state index is 11.3. The average Bonchev–Trinajstić information content (AvgIpc) is 2.10. The molecule has 0 aliphatic carbocycles. The Morgan fingerprint density at radius 3 is 2.67 bits per heavy atom.